The molecule has 4 heteroatoms. The van der Waals surface area contributed by atoms with Gasteiger partial charge in [-0.2, -0.15) is 0 Å². The molecular formula is C12H23NO3. The Morgan fingerprint density at radius 2 is 2.06 bits per heavy atom. The van der Waals surface area contributed by atoms with Crippen molar-refractivity contribution in [1.29, 1.82) is 0 Å². The number of likely N-dealkylation sites (tertiary alicyclic amines) is 1. The number of hydrogen-bond donors (Lipinski definition) is 1. The summed E-state index contributed by atoms with van der Waals surface area (Å²) in [5.74, 6) is 0.346. The van der Waals surface area contributed by atoms with E-state index in [4.69, 9.17) is 9.84 Å². The SMILES string of the molecule is CC(C)OC(=O)CCN1CCC(CO)CC1. The predicted molar refractivity (Wildman–Crippen MR) is 62.1 cm³/mol. The Morgan fingerprint density at radius 3 is 2.56 bits per heavy atom. The first-order chi connectivity index (χ1) is 7.61. The summed E-state index contributed by atoms with van der Waals surface area (Å²) in [6, 6.07) is 0. The Hall–Kier alpha value is -0.610. The third-order valence-corrected chi connectivity index (χ3v) is 2.96. The summed E-state index contributed by atoms with van der Waals surface area (Å²) in [5.41, 5.74) is 0. The molecule has 1 heterocycles. The Kier molecular flexibility index (Phi) is 5.77. The summed E-state index contributed by atoms with van der Waals surface area (Å²) >= 11 is 0. The number of aliphatic hydroxyl groups excluding tert-OH is 1. The van der Waals surface area contributed by atoms with E-state index < -0.39 is 0 Å². The lowest BCUT2D eigenvalue weighted by atomic mass is 9.98. The molecule has 0 radical (unpaired) electrons. The molecule has 0 atom stereocenters. The Bertz CT molecular complexity index is 210. The first-order valence-corrected chi connectivity index (χ1v) is 6.14. The number of piperidine rings is 1. The second-order valence-corrected chi connectivity index (χ2v) is 4.76. The molecule has 0 unspecified atom stereocenters. The number of aliphatic hydroxyl groups is 1. The van der Waals surface area contributed by atoms with E-state index in [9.17, 15) is 4.79 Å². The van der Waals surface area contributed by atoms with Crippen LogP contribution >= 0.6 is 0 Å². The molecule has 1 rings (SSSR count). The highest BCUT2D eigenvalue weighted by molar-refractivity contribution is 5.69. The van der Waals surface area contributed by atoms with Gasteiger partial charge in [0, 0.05) is 13.2 Å². The molecule has 1 N–H and O–H groups in total. The third-order valence-electron chi connectivity index (χ3n) is 2.96. The van der Waals surface area contributed by atoms with Gasteiger partial charge in [-0.25, -0.2) is 0 Å². The van der Waals surface area contributed by atoms with Crippen molar-refractivity contribution in [3.8, 4) is 0 Å². The van der Waals surface area contributed by atoms with Gasteiger partial charge < -0.3 is 14.7 Å². The van der Waals surface area contributed by atoms with Gasteiger partial charge in [0.15, 0.2) is 0 Å². The smallest absolute Gasteiger partial charge is 0.307 e. The van der Waals surface area contributed by atoms with Crippen molar-refractivity contribution in [1.82, 2.24) is 4.90 Å². The zero-order valence-electron chi connectivity index (χ0n) is 10.3. The van der Waals surface area contributed by atoms with Crippen molar-refractivity contribution in [2.24, 2.45) is 5.92 Å². The molecule has 0 aliphatic carbocycles. The van der Waals surface area contributed by atoms with E-state index in [-0.39, 0.29) is 12.1 Å². The van der Waals surface area contributed by atoms with E-state index in [1.54, 1.807) is 0 Å². The summed E-state index contributed by atoms with van der Waals surface area (Å²) < 4.78 is 5.08. The first kappa shape index (κ1) is 13.5. The van der Waals surface area contributed by atoms with Gasteiger partial charge in [-0.1, -0.05) is 0 Å². The van der Waals surface area contributed by atoms with Gasteiger partial charge in [-0.05, 0) is 45.7 Å². The van der Waals surface area contributed by atoms with Gasteiger partial charge in [0.1, 0.15) is 0 Å². The van der Waals surface area contributed by atoms with Gasteiger partial charge in [-0.15, -0.1) is 0 Å². The van der Waals surface area contributed by atoms with Crippen LogP contribution in [0, 0.1) is 5.92 Å². The molecular weight excluding hydrogens is 206 g/mol. The molecule has 0 spiro atoms. The molecule has 16 heavy (non-hydrogen) atoms. The second-order valence-electron chi connectivity index (χ2n) is 4.76. The van der Waals surface area contributed by atoms with Gasteiger partial charge in [0.2, 0.25) is 0 Å². The van der Waals surface area contributed by atoms with E-state index in [0.717, 1.165) is 32.5 Å². The van der Waals surface area contributed by atoms with Crippen LogP contribution in [0.25, 0.3) is 0 Å². The summed E-state index contributed by atoms with van der Waals surface area (Å²) in [7, 11) is 0. The van der Waals surface area contributed by atoms with Crippen LogP contribution < -0.4 is 0 Å². The van der Waals surface area contributed by atoms with Crippen molar-refractivity contribution in [3.63, 3.8) is 0 Å². The molecule has 4 nitrogen and oxygen atoms in total. The van der Waals surface area contributed by atoms with E-state index >= 15 is 0 Å². The van der Waals surface area contributed by atoms with Crippen molar-refractivity contribution in [2.45, 2.75) is 39.2 Å². The maximum atomic E-state index is 11.3. The van der Waals surface area contributed by atoms with E-state index in [1.807, 2.05) is 13.8 Å². The van der Waals surface area contributed by atoms with Crippen molar-refractivity contribution < 1.29 is 14.6 Å². The molecule has 94 valence electrons. The molecule has 1 saturated heterocycles. The maximum absolute atomic E-state index is 11.3. The van der Waals surface area contributed by atoms with E-state index in [1.165, 1.54) is 0 Å². The van der Waals surface area contributed by atoms with Gasteiger partial charge in [-0.3, -0.25) is 4.79 Å². The van der Waals surface area contributed by atoms with E-state index in [2.05, 4.69) is 4.90 Å². The second kappa shape index (κ2) is 6.86. The Balaban J connectivity index is 2.12. The highest BCUT2D eigenvalue weighted by Crippen LogP contribution is 2.16. The number of ether oxygens (including phenoxy) is 1. The number of hydrogen-bond acceptors (Lipinski definition) is 4. The van der Waals surface area contributed by atoms with Crippen LogP contribution in [0.5, 0.6) is 0 Å². The molecule has 0 saturated carbocycles. The third kappa shape index (κ3) is 4.94. The van der Waals surface area contributed by atoms with Gasteiger partial charge >= 0.3 is 5.97 Å². The minimum absolute atomic E-state index is 0.0207. The van der Waals surface area contributed by atoms with Crippen LogP contribution in [0.15, 0.2) is 0 Å². The van der Waals surface area contributed by atoms with Crippen LogP contribution in [-0.2, 0) is 9.53 Å². The number of esters is 1. The molecule has 1 aliphatic heterocycles. The lowest BCUT2D eigenvalue weighted by Crippen LogP contribution is -2.36. The molecule has 0 aromatic heterocycles. The van der Waals surface area contributed by atoms with Crippen molar-refractivity contribution >= 4 is 5.97 Å². The van der Waals surface area contributed by atoms with Crippen molar-refractivity contribution in [2.75, 3.05) is 26.2 Å². The molecule has 1 aliphatic rings. The van der Waals surface area contributed by atoms with Crippen LogP contribution in [0.4, 0.5) is 0 Å². The topological polar surface area (TPSA) is 49.8 Å². The average Bonchev–Trinajstić information content (AvgIpc) is 2.26. The average molecular weight is 229 g/mol. The lowest BCUT2D eigenvalue weighted by Gasteiger charge is -2.30. The highest BCUT2D eigenvalue weighted by Gasteiger charge is 2.19. The summed E-state index contributed by atoms with van der Waals surface area (Å²) in [5, 5.41) is 9.00. The minimum Gasteiger partial charge on any atom is -0.463 e. The number of rotatable bonds is 5. The molecule has 0 aromatic carbocycles. The fourth-order valence-electron chi connectivity index (χ4n) is 1.96. The standard InChI is InChI=1S/C12H23NO3/c1-10(2)16-12(15)5-8-13-6-3-11(9-14)4-7-13/h10-11,14H,3-9H2,1-2H3. The van der Waals surface area contributed by atoms with Gasteiger partial charge in [0.25, 0.3) is 0 Å². The fourth-order valence-corrected chi connectivity index (χ4v) is 1.96. The van der Waals surface area contributed by atoms with Crippen LogP contribution in [0.3, 0.4) is 0 Å². The van der Waals surface area contributed by atoms with E-state index in [0.29, 0.717) is 18.9 Å². The Morgan fingerprint density at radius 1 is 1.44 bits per heavy atom. The van der Waals surface area contributed by atoms with Crippen LogP contribution in [-0.4, -0.2) is 48.3 Å². The first-order valence-electron chi connectivity index (χ1n) is 6.14. The van der Waals surface area contributed by atoms with Gasteiger partial charge in [0.05, 0.1) is 12.5 Å². The maximum Gasteiger partial charge on any atom is 0.307 e. The normalized spacial score (nSPS) is 19.0. The zero-order valence-corrected chi connectivity index (χ0v) is 10.3. The summed E-state index contributed by atoms with van der Waals surface area (Å²) in [4.78, 5) is 13.6. The lowest BCUT2D eigenvalue weighted by molar-refractivity contribution is -0.147. The predicted octanol–water partition coefficient (Wildman–Crippen LogP) is 1.03. The zero-order chi connectivity index (χ0) is 12.0. The highest BCUT2D eigenvalue weighted by atomic mass is 16.5. The molecule has 0 bridgehead atoms. The number of carbonyl (C=O) groups is 1. The Labute approximate surface area is 97.6 Å². The molecule has 0 amide bonds. The van der Waals surface area contributed by atoms with Crippen LogP contribution in [0.2, 0.25) is 0 Å². The van der Waals surface area contributed by atoms with Crippen LogP contribution in [0.1, 0.15) is 33.1 Å². The van der Waals surface area contributed by atoms with Crippen molar-refractivity contribution in [3.05, 3.63) is 0 Å². The summed E-state index contributed by atoms with van der Waals surface area (Å²) in [6.07, 6.45) is 2.53. The number of nitrogens with zero attached hydrogens (tertiary/aromatic N) is 1. The molecule has 0 aromatic rings. The minimum atomic E-state index is -0.112. The fraction of sp³-hybridized carbons (Fsp3) is 0.917. The largest absolute Gasteiger partial charge is 0.463 e. The number of carbonyl (C=O) groups excluding carboxylic acids is 1. The summed E-state index contributed by atoms with van der Waals surface area (Å²) in [6.45, 7) is 6.78. The monoisotopic (exact) mass is 229 g/mol. The molecule has 1 fully saturated rings. The quantitative estimate of drug-likeness (QED) is 0.715.